The number of hydrogen-bond acceptors (Lipinski definition) is 1. The van der Waals surface area contributed by atoms with Gasteiger partial charge in [-0.3, -0.25) is 4.79 Å². The quantitative estimate of drug-likeness (QED) is 0.822. The lowest BCUT2D eigenvalue weighted by Gasteiger charge is -2.22. The van der Waals surface area contributed by atoms with Gasteiger partial charge in [-0.25, -0.2) is 0 Å². The molecule has 2 aromatic carbocycles. The van der Waals surface area contributed by atoms with Crippen molar-refractivity contribution < 1.29 is 22.9 Å². The van der Waals surface area contributed by atoms with Crippen molar-refractivity contribution in [2.45, 2.75) is 18.6 Å². The van der Waals surface area contributed by atoms with Gasteiger partial charge in [-0.15, -0.1) is 0 Å². The molecule has 1 amide bonds. The van der Waals surface area contributed by atoms with E-state index in [4.69, 9.17) is 0 Å². The SMILES string of the molecule is C[NH+](C)[C@H](CNC(=O)Cc1cccc(C(F)(F)F)c1)c1ccccc1. The highest BCUT2D eigenvalue weighted by Gasteiger charge is 2.30. The Morgan fingerprint density at radius 1 is 1.08 bits per heavy atom. The molecular weight excluding hydrogens is 329 g/mol. The van der Waals surface area contributed by atoms with Gasteiger partial charge in [0.25, 0.3) is 0 Å². The van der Waals surface area contributed by atoms with Crippen LogP contribution in [0.3, 0.4) is 0 Å². The maximum Gasteiger partial charge on any atom is 0.416 e. The molecule has 0 heterocycles. The van der Waals surface area contributed by atoms with Crippen molar-refractivity contribution in [2.75, 3.05) is 20.6 Å². The molecule has 2 aromatic rings. The Labute approximate surface area is 145 Å². The summed E-state index contributed by atoms with van der Waals surface area (Å²) < 4.78 is 38.2. The Morgan fingerprint density at radius 3 is 2.36 bits per heavy atom. The summed E-state index contributed by atoms with van der Waals surface area (Å²) in [6.45, 7) is 0.421. The van der Waals surface area contributed by atoms with Crippen LogP contribution in [0.25, 0.3) is 0 Å². The van der Waals surface area contributed by atoms with Crippen LogP contribution < -0.4 is 10.2 Å². The Hall–Kier alpha value is -2.34. The Bertz CT molecular complexity index is 699. The van der Waals surface area contributed by atoms with Gasteiger partial charge < -0.3 is 10.2 Å². The summed E-state index contributed by atoms with van der Waals surface area (Å²) in [7, 11) is 3.99. The van der Waals surface area contributed by atoms with Crippen molar-refractivity contribution in [2.24, 2.45) is 0 Å². The molecule has 0 aliphatic rings. The first kappa shape index (κ1) is 19.0. The van der Waals surface area contributed by atoms with E-state index >= 15 is 0 Å². The van der Waals surface area contributed by atoms with Crippen molar-refractivity contribution in [3.05, 3.63) is 71.3 Å². The zero-order chi connectivity index (χ0) is 18.4. The molecule has 0 saturated carbocycles. The zero-order valence-electron chi connectivity index (χ0n) is 14.2. The third-order valence-electron chi connectivity index (χ3n) is 4.02. The van der Waals surface area contributed by atoms with Gasteiger partial charge in [0.15, 0.2) is 0 Å². The van der Waals surface area contributed by atoms with Crippen LogP contribution >= 0.6 is 0 Å². The zero-order valence-corrected chi connectivity index (χ0v) is 14.2. The van der Waals surface area contributed by atoms with E-state index in [0.717, 1.165) is 22.6 Å². The standard InChI is InChI=1S/C19H21F3N2O/c1-24(2)17(15-8-4-3-5-9-15)13-23-18(25)12-14-7-6-10-16(11-14)19(20,21)22/h3-11,17H,12-13H2,1-2H3,(H,23,25)/p+1/t17-/m1/s1. The lowest BCUT2D eigenvalue weighted by molar-refractivity contribution is -0.890. The third kappa shape index (κ3) is 5.60. The summed E-state index contributed by atoms with van der Waals surface area (Å²) in [6, 6.07) is 14.7. The first-order chi connectivity index (χ1) is 11.8. The summed E-state index contributed by atoms with van der Waals surface area (Å²) in [6.07, 6.45) is -4.48. The number of alkyl halides is 3. The molecule has 6 heteroatoms. The highest BCUT2D eigenvalue weighted by molar-refractivity contribution is 5.78. The molecule has 0 unspecified atom stereocenters. The summed E-state index contributed by atoms with van der Waals surface area (Å²) >= 11 is 0. The van der Waals surface area contributed by atoms with E-state index in [1.807, 2.05) is 44.4 Å². The monoisotopic (exact) mass is 351 g/mol. The van der Waals surface area contributed by atoms with Crippen molar-refractivity contribution in [3.8, 4) is 0 Å². The van der Waals surface area contributed by atoms with E-state index in [-0.39, 0.29) is 18.4 Å². The molecule has 0 spiro atoms. The fraction of sp³-hybridized carbons (Fsp3) is 0.316. The number of carbonyl (C=O) groups excluding carboxylic acids is 1. The predicted octanol–water partition coefficient (Wildman–Crippen LogP) is 2.25. The minimum atomic E-state index is -4.40. The summed E-state index contributed by atoms with van der Waals surface area (Å²) in [5, 5.41) is 2.83. The number of likely N-dealkylation sites (N-methyl/N-ethyl adjacent to an activating group) is 1. The van der Waals surface area contributed by atoms with Gasteiger partial charge in [0.05, 0.1) is 32.6 Å². The van der Waals surface area contributed by atoms with Gasteiger partial charge in [-0.2, -0.15) is 13.2 Å². The first-order valence-corrected chi connectivity index (χ1v) is 8.05. The van der Waals surface area contributed by atoms with Crippen molar-refractivity contribution >= 4 is 5.91 Å². The van der Waals surface area contributed by atoms with Crippen molar-refractivity contribution in [3.63, 3.8) is 0 Å². The maximum absolute atomic E-state index is 12.7. The summed E-state index contributed by atoms with van der Waals surface area (Å²) in [5.41, 5.74) is 0.709. The summed E-state index contributed by atoms with van der Waals surface area (Å²) in [5.74, 6) is -0.290. The van der Waals surface area contributed by atoms with Gasteiger partial charge in [-0.1, -0.05) is 48.5 Å². The van der Waals surface area contributed by atoms with E-state index in [1.165, 1.54) is 12.1 Å². The second-order valence-corrected chi connectivity index (χ2v) is 6.22. The average molecular weight is 351 g/mol. The second-order valence-electron chi connectivity index (χ2n) is 6.22. The fourth-order valence-electron chi connectivity index (χ4n) is 2.66. The number of benzene rings is 2. The molecule has 0 aliphatic carbocycles. The smallest absolute Gasteiger partial charge is 0.349 e. The molecular formula is C19H22F3N2O+. The minimum Gasteiger partial charge on any atom is -0.349 e. The molecule has 0 bridgehead atoms. The summed E-state index contributed by atoms with van der Waals surface area (Å²) in [4.78, 5) is 13.3. The second kappa shape index (κ2) is 8.16. The number of carbonyl (C=O) groups is 1. The van der Waals surface area contributed by atoms with Gasteiger partial charge >= 0.3 is 6.18 Å². The topological polar surface area (TPSA) is 33.5 Å². The molecule has 1 atom stereocenters. The molecule has 0 aromatic heterocycles. The minimum absolute atomic E-state index is 0.0752. The van der Waals surface area contributed by atoms with Gasteiger partial charge in [-0.05, 0) is 11.6 Å². The molecule has 0 radical (unpaired) electrons. The molecule has 0 aliphatic heterocycles. The Morgan fingerprint density at radius 2 is 1.76 bits per heavy atom. The van der Waals surface area contributed by atoms with Gasteiger partial charge in [0, 0.05) is 5.56 Å². The molecule has 25 heavy (non-hydrogen) atoms. The van der Waals surface area contributed by atoms with Crippen molar-refractivity contribution in [1.82, 2.24) is 5.32 Å². The van der Waals surface area contributed by atoms with E-state index in [0.29, 0.717) is 12.1 Å². The number of nitrogens with one attached hydrogen (secondary N) is 2. The Balaban J connectivity index is 1.98. The maximum atomic E-state index is 12.7. The van der Waals surface area contributed by atoms with Crippen molar-refractivity contribution in [1.29, 1.82) is 0 Å². The van der Waals surface area contributed by atoms with Crippen LogP contribution in [0.4, 0.5) is 13.2 Å². The van der Waals surface area contributed by atoms with Gasteiger partial charge in [0.2, 0.25) is 5.91 Å². The molecule has 0 saturated heterocycles. The normalized spacial score (nSPS) is 12.9. The molecule has 0 fully saturated rings. The average Bonchev–Trinajstić information content (AvgIpc) is 2.55. The first-order valence-electron chi connectivity index (χ1n) is 8.05. The number of amides is 1. The number of rotatable bonds is 6. The Kier molecular flexibility index (Phi) is 6.20. The van der Waals surface area contributed by atoms with Crippen LogP contribution in [-0.2, 0) is 17.4 Å². The lowest BCUT2D eigenvalue weighted by Crippen LogP contribution is -3.07. The largest absolute Gasteiger partial charge is 0.416 e. The molecule has 2 N–H and O–H groups in total. The number of hydrogen-bond donors (Lipinski definition) is 2. The van der Waals surface area contributed by atoms with Crippen LogP contribution in [0.2, 0.25) is 0 Å². The highest BCUT2D eigenvalue weighted by Crippen LogP contribution is 2.29. The molecule has 134 valence electrons. The fourth-order valence-corrected chi connectivity index (χ4v) is 2.66. The number of quaternary nitrogens is 1. The van der Waals surface area contributed by atoms with Crippen LogP contribution in [0.5, 0.6) is 0 Å². The highest BCUT2D eigenvalue weighted by atomic mass is 19.4. The predicted molar refractivity (Wildman–Crippen MR) is 90.2 cm³/mol. The van der Waals surface area contributed by atoms with E-state index in [9.17, 15) is 18.0 Å². The van der Waals surface area contributed by atoms with E-state index < -0.39 is 11.7 Å². The number of halogens is 3. The van der Waals surface area contributed by atoms with Crippen LogP contribution in [0.15, 0.2) is 54.6 Å². The van der Waals surface area contributed by atoms with E-state index in [1.54, 1.807) is 0 Å². The van der Waals surface area contributed by atoms with Gasteiger partial charge in [0.1, 0.15) is 6.04 Å². The third-order valence-corrected chi connectivity index (χ3v) is 4.02. The van der Waals surface area contributed by atoms with E-state index in [2.05, 4.69) is 5.32 Å². The lowest BCUT2D eigenvalue weighted by atomic mass is 10.1. The molecule has 3 nitrogen and oxygen atoms in total. The van der Waals surface area contributed by atoms with Crippen LogP contribution in [0.1, 0.15) is 22.7 Å². The van der Waals surface area contributed by atoms with Crippen LogP contribution in [0, 0.1) is 0 Å². The molecule has 2 rings (SSSR count). The van der Waals surface area contributed by atoms with Crippen LogP contribution in [-0.4, -0.2) is 26.5 Å².